The minimum absolute atomic E-state index is 0.455. The van der Waals surface area contributed by atoms with Gasteiger partial charge in [0.15, 0.2) is 0 Å². The van der Waals surface area contributed by atoms with E-state index in [4.69, 9.17) is 0 Å². The number of hydrogen-bond acceptors (Lipinski definition) is 3. The summed E-state index contributed by atoms with van der Waals surface area (Å²) in [6.07, 6.45) is 7.04. The van der Waals surface area contributed by atoms with E-state index in [9.17, 15) is 9.59 Å². The van der Waals surface area contributed by atoms with Gasteiger partial charge in [-0.1, -0.05) is 0 Å². The van der Waals surface area contributed by atoms with Gasteiger partial charge in [0.1, 0.15) is 6.33 Å². The lowest BCUT2D eigenvalue weighted by molar-refractivity contribution is 0.243. The van der Waals surface area contributed by atoms with Gasteiger partial charge in [0.05, 0.1) is 0 Å². The fourth-order valence-corrected chi connectivity index (χ4v) is 0.968. The number of hydrogen-bond donors (Lipinski definition) is 1. The Hall–Kier alpha value is -2.11. The van der Waals surface area contributed by atoms with Gasteiger partial charge < -0.3 is 4.98 Å². The first-order chi connectivity index (χ1) is 6.29. The Morgan fingerprint density at radius 1 is 1.46 bits per heavy atom. The van der Waals surface area contributed by atoms with Crippen LogP contribution in [0.2, 0.25) is 0 Å². The molecule has 0 spiro atoms. The van der Waals surface area contributed by atoms with Gasteiger partial charge in [-0.3, -0.25) is 4.57 Å². The number of carbonyl (C=O) groups excluding carboxylic acids is 1. The van der Waals surface area contributed by atoms with Crippen LogP contribution in [-0.4, -0.2) is 25.1 Å². The van der Waals surface area contributed by atoms with E-state index < -0.39 is 11.7 Å². The molecule has 0 radical (unpaired) electrons. The number of aromatic nitrogens is 4. The number of rotatable bonds is 0. The molecule has 0 aliphatic heterocycles. The highest BCUT2D eigenvalue weighted by molar-refractivity contribution is 5.78. The predicted octanol–water partition coefficient (Wildman–Crippen LogP) is -0.111. The Labute approximate surface area is 72.5 Å². The first-order valence-corrected chi connectivity index (χ1v) is 3.58. The molecule has 13 heavy (non-hydrogen) atoms. The molecule has 6 heteroatoms. The summed E-state index contributed by atoms with van der Waals surface area (Å²) in [7, 11) is 0. The van der Waals surface area contributed by atoms with Crippen LogP contribution in [0.15, 0.2) is 35.9 Å². The second-order valence-corrected chi connectivity index (χ2v) is 2.39. The number of nitrogens with zero attached hydrogens (tertiary/aromatic N) is 3. The van der Waals surface area contributed by atoms with E-state index in [1.54, 1.807) is 0 Å². The van der Waals surface area contributed by atoms with E-state index in [2.05, 4.69) is 9.97 Å². The SMILES string of the molecule is O=C(n1ccnc1)n1cc[nH]c1=O. The molecule has 0 unspecified atom stereocenters. The van der Waals surface area contributed by atoms with Crippen molar-refractivity contribution in [2.75, 3.05) is 0 Å². The monoisotopic (exact) mass is 178 g/mol. The maximum Gasteiger partial charge on any atom is 0.341 e. The number of H-pyrrole nitrogens is 1. The number of aromatic amines is 1. The Bertz CT molecular complexity index is 465. The van der Waals surface area contributed by atoms with E-state index in [1.165, 1.54) is 35.7 Å². The van der Waals surface area contributed by atoms with Crippen molar-refractivity contribution in [1.29, 1.82) is 0 Å². The van der Waals surface area contributed by atoms with Crippen molar-refractivity contribution in [3.05, 3.63) is 41.6 Å². The molecular weight excluding hydrogens is 172 g/mol. The number of carbonyl (C=O) groups is 1. The quantitative estimate of drug-likeness (QED) is 0.611. The third-order valence-electron chi connectivity index (χ3n) is 1.58. The van der Waals surface area contributed by atoms with E-state index in [0.717, 1.165) is 4.57 Å². The third kappa shape index (κ3) is 1.18. The third-order valence-corrected chi connectivity index (χ3v) is 1.58. The molecule has 2 aromatic heterocycles. The summed E-state index contributed by atoms with van der Waals surface area (Å²) in [5.41, 5.74) is -0.460. The van der Waals surface area contributed by atoms with Crippen LogP contribution in [0.1, 0.15) is 0 Å². The highest BCUT2D eigenvalue weighted by Gasteiger charge is 2.07. The van der Waals surface area contributed by atoms with E-state index >= 15 is 0 Å². The van der Waals surface area contributed by atoms with Gasteiger partial charge in [-0.2, -0.15) is 0 Å². The maximum absolute atomic E-state index is 11.5. The number of nitrogens with one attached hydrogen (secondary N) is 1. The minimum Gasteiger partial charge on any atom is -0.312 e. The van der Waals surface area contributed by atoms with Gasteiger partial charge >= 0.3 is 11.7 Å². The van der Waals surface area contributed by atoms with Crippen molar-refractivity contribution in [2.24, 2.45) is 0 Å². The zero-order chi connectivity index (χ0) is 9.26. The Morgan fingerprint density at radius 2 is 2.31 bits per heavy atom. The topological polar surface area (TPSA) is 72.7 Å². The van der Waals surface area contributed by atoms with E-state index in [0.29, 0.717) is 0 Å². The van der Waals surface area contributed by atoms with Crippen LogP contribution in [-0.2, 0) is 0 Å². The van der Waals surface area contributed by atoms with Crippen molar-refractivity contribution in [2.45, 2.75) is 0 Å². The van der Waals surface area contributed by atoms with E-state index in [1.807, 2.05) is 0 Å². The molecule has 2 aromatic rings. The molecule has 0 fully saturated rings. The minimum atomic E-state index is -0.460. The Kier molecular flexibility index (Phi) is 1.59. The molecule has 2 heterocycles. The first-order valence-electron chi connectivity index (χ1n) is 3.58. The molecule has 0 amide bonds. The van der Waals surface area contributed by atoms with E-state index in [-0.39, 0.29) is 0 Å². The normalized spacial score (nSPS) is 10.2. The molecule has 0 aromatic carbocycles. The lowest BCUT2D eigenvalue weighted by Crippen LogP contribution is -2.27. The fraction of sp³-hybridized carbons (Fsp3) is 0. The van der Waals surface area contributed by atoms with Gasteiger partial charge in [-0.05, 0) is 0 Å². The molecule has 0 aliphatic rings. The summed E-state index contributed by atoms with van der Waals surface area (Å²) < 4.78 is 2.18. The average molecular weight is 178 g/mol. The van der Waals surface area contributed by atoms with Crippen LogP contribution in [0.25, 0.3) is 0 Å². The summed E-state index contributed by atoms with van der Waals surface area (Å²) >= 11 is 0. The molecule has 66 valence electrons. The number of imidazole rings is 2. The lowest BCUT2D eigenvalue weighted by Gasteiger charge is -1.97. The van der Waals surface area contributed by atoms with Gasteiger partial charge in [0, 0.05) is 24.8 Å². The largest absolute Gasteiger partial charge is 0.341 e. The van der Waals surface area contributed by atoms with Crippen molar-refractivity contribution < 1.29 is 4.79 Å². The molecule has 6 nitrogen and oxygen atoms in total. The zero-order valence-corrected chi connectivity index (χ0v) is 6.54. The fourth-order valence-electron chi connectivity index (χ4n) is 0.968. The van der Waals surface area contributed by atoms with Gasteiger partial charge in [-0.25, -0.2) is 19.1 Å². The standard InChI is InChI=1S/C7H6N4O2/c12-6-9-2-4-11(6)7(13)10-3-1-8-5-10/h1-5H,(H,9,12). The van der Waals surface area contributed by atoms with Crippen molar-refractivity contribution >= 4 is 6.03 Å². The summed E-state index contributed by atoms with van der Waals surface area (Å²) in [6, 6.07) is -0.455. The smallest absolute Gasteiger partial charge is 0.312 e. The van der Waals surface area contributed by atoms with Crippen LogP contribution in [0.4, 0.5) is 4.79 Å². The molecule has 2 rings (SSSR count). The summed E-state index contributed by atoms with van der Waals surface area (Å²) in [5.74, 6) is 0. The Morgan fingerprint density at radius 3 is 2.85 bits per heavy atom. The van der Waals surface area contributed by atoms with Crippen LogP contribution >= 0.6 is 0 Å². The molecule has 0 saturated carbocycles. The first kappa shape index (κ1) is 7.53. The maximum atomic E-state index is 11.5. The van der Waals surface area contributed by atoms with Gasteiger partial charge in [0.2, 0.25) is 0 Å². The van der Waals surface area contributed by atoms with Crippen LogP contribution in [0, 0.1) is 0 Å². The second kappa shape index (κ2) is 2.74. The summed E-state index contributed by atoms with van der Waals surface area (Å²) in [6.45, 7) is 0. The van der Waals surface area contributed by atoms with Gasteiger partial charge in [-0.15, -0.1) is 0 Å². The summed E-state index contributed by atoms with van der Waals surface area (Å²) in [5, 5.41) is 0. The van der Waals surface area contributed by atoms with Crippen LogP contribution < -0.4 is 5.69 Å². The van der Waals surface area contributed by atoms with Crippen molar-refractivity contribution in [1.82, 2.24) is 19.1 Å². The van der Waals surface area contributed by atoms with Crippen LogP contribution in [0.3, 0.4) is 0 Å². The lowest BCUT2D eigenvalue weighted by atomic mass is 10.8. The van der Waals surface area contributed by atoms with Gasteiger partial charge in [0.25, 0.3) is 0 Å². The summed E-state index contributed by atoms with van der Waals surface area (Å²) in [4.78, 5) is 28.5. The highest BCUT2D eigenvalue weighted by Crippen LogP contribution is 1.88. The average Bonchev–Trinajstić information content (AvgIpc) is 2.72. The molecular formula is C7H6N4O2. The second-order valence-electron chi connectivity index (χ2n) is 2.39. The molecule has 0 saturated heterocycles. The zero-order valence-electron chi connectivity index (χ0n) is 6.54. The van der Waals surface area contributed by atoms with Crippen molar-refractivity contribution in [3.63, 3.8) is 0 Å². The van der Waals surface area contributed by atoms with Crippen LogP contribution in [0.5, 0.6) is 0 Å². The molecule has 0 aliphatic carbocycles. The van der Waals surface area contributed by atoms with Crippen molar-refractivity contribution in [3.8, 4) is 0 Å². The highest BCUT2D eigenvalue weighted by atomic mass is 16.2. The Balaban J connectivity index is 2.45. The predicted molar refractivity (Wildman–Crippen MR) is 43.5 cm³/mol. The molecule has 0 bridgehead atoms. The molecule has 0 atom stereocenters. The molecule has 1 N–H and O–H groups in total.